The van der Waals surface area contributed by atoms with Crippen molar-refractivity contribution in [3.8, 4) is 11.1 Å². The summed E-state index contributed by atoms with van der Waals surface area (Å²) < 4.78 is 2.91. The molecule has 0 bridgehead atoms. The Morgan fingerprint density at radius 1 is 0.441 bits per heavy atom. The highest BCUT2D eigenvalue weighted by molar-refractivity contribution is 7.33. The Balaban J connectivity index is 1.20. The number of hydrogen-bond acceptors (Lipinski definition) is 3. The highest BCUT2D eigenvalue weighted by atomic mass is 32.1. The number of hydrogen-bond donors (Lipinski definition) is 0. The minimum Gasteiger partial charge on any atom is -0.311 e. The molecule has 5 aliphatic rings. The largest absolute Gasteiger partial charge is 0.311 e. The van der Waals surface area contributed by atoms with Crippen molar-refractivity contribution in [2.45, 2.75) is 168 Å². The summed E-state index contributed by atoms with van der Waals surface area (Å²) in [6.45, 7) is 34.6. The van der Waals surface area contributed by atoms with E-state index in [9.17, 15) is 0 Å². The van der Waals surface area contributed by atoms with Crippen molar-refractivity contribution in [2.24, 2.45) is 0 Å². The van der Waals surface area contributed by atoms with Gasteiger partial charge in [0.25, 0.3) is 6.71 Å². The summed E-state index contributed by atoms with van der Waals surface area (Å²) in [5.74, 6) is 0. The van der Waals surface area contributed by atoms with Crippen LogP contribution in [0.1, 0.15) is 166 Å². The summed E-state index contributed by atoms with van der Waals surface area (Å²) in [7, 11) is 0. The Hall–Kier alpha value is -5.06. The third kappa shape index (κ3) is 6.33. The van der Waals surface area contributed by atoms with Gasteiger partial charge in [-0.3, -0.25) is 0 Å². The predicted molar refractivity (Wildman–Crippen MR) is 297 cm³/mol. The van der Waals surface area contributed by atoms with Crippen LogP contribution in [-0.4, -0.2) is 6.71 Å². The number of benzene rings is 6. The summed E-state index contributed by atoms with van der Waals surface area (Å²) in [6, 6.07) is 41.5. The first-order valence-corrected chi connectivity index (χ1v) is 26.7. The smallest absolute Gasteiger partial charge is 0.264 e. The second-order valence-electron chi connectivity index (χ2n) is 25.9. The zero-order valence-corrected chi connectivity index (χ0v) is 44.3. The molecule has 1 aromatic heterocycles. The van der Waals surface area contributed by atoms with Crippen molar-refractivity contribution in [2.75, 3.05) is 9.80 Å². The highest BCUT2D eigenvalue weighted by Crippen LogP contribution is 2.56. The van der Waals surface area contributed by atoms with Crippen LogP contribution < -0.4 is 25.5 Å². The van der Waals surface area contributed by atoms with E-state index in [1.165, 1.54) is 149 Å². The van der Waals surface area contributed by atoms with E-state index >= 15 is 0 Å². The lowest BCUT2D eigenvalue weighted by atomic mass is 9.35. The SMILES string of the molecule is Cc1cc2c3c(c1)N(c1ccc4c(c1)C(C)(C)CCC4(C)C)c1c(sc4cc5c(cc14)C(C)(C)CCC5(C)C)B3c1cc3c(cc1N2c1ccc(-c2ccccc2)cc1C)C(C)(C)CCC3(C)C. The van der Waals surface area contributed by atoms with Gasteiger partial charge in [-0.05, 0) is 206 Å². The molecule has 68 heavy (non-hydrogen) atoms. The van der Waals surface area contributed by atoms with Crippen molar-refractivity contribution in [3.05, 3.63) is 148 Å². The fourth-order valence-corrected chi connectivity index (χ4v) is 15.0. The van der Waals surface area contributed by atoms with Crippen molar-refractivity contribution in [1.82, 2.24) is 0 Å². The van der Waals surface area contributed by atoms with Gasteiger partial charge in [0.2, 0.25) is 0 Å². The quantitative estimate of drug-likeness (QED) is 0.163. The van der Waals surface area contributed by atoms with Crippen LogP contribution in [0, 0.1) is 13.8 Å². The maximum atomic E-state index is 2.75. The van der Waals surface area contributed by atoms with Gasteiger partial charge in [0.15, 0.2) is 0 Å². The molecular weight excluding hydrogens is 840 g/mol. The fraction of sp³-hybridized carbons (Fsp3) is 0.406. The second kappa shape index (κ2) is 14.3. The van der Waals surface area contributed by atoms with E-state index in [2.05, 4.69) is 221 Å². The van der Waals surface area contributed by atoms with E-state index < -0.39 is 0 Å². The topological polar surface area (TPSA) is 6.48 Å². The number of nitrogens with zero attached hydrogens (tertiary/aromatic N) is 2. The monoisotopic (exact) mass is 911 g/mol. The molecule has 0 unspecified atom stereocenters. The minimum atomic E-state index is 0.0649. The van der Waals surface area contributed by atoms with Crippen LogP contribution >= 0.6 is 11.3 Å². The first-order valence-electron chi connectivity index (χ1n) is 25.8. The lowest BCUT2D eigenvalue weighted by molar-refractivity contribution is 0.332. The molecule has 3 aliphatic carbocycles. The molecule has 2 aliphatic heterocycles. The third-order valence-electron chi connectivity index (χ3n) is 18.4. The molecule has 0 fully saturated rings. The summed E-state index contributed by atoms with van der Waals surface area (Å²) >= 11 is 2.08. The van der Waals surface area contributed by atoms with Crippen LogP contribution in [0.25, 0.3) is 21.2 Å². The molecule has 0 atom stereocenters. The molecule has 6 aromatic carbocycles. The van der Waals surface area contributed by atoms with Crippen LogP contribution in [0.5, 0.6) is 0 Å². The maximum Gasteiger partial charge on any atom is 0.264 e. The number of fused-ring (bicyclic) bond motifs is 9. The van der Waals surface area contributed by atoms with Crippen molar-refractivity contribution < 1.29 is 0 Å². The van der Waals surface area contributed by atoms with E-state index in [0.29, 0.717) is 0 Å². The summed E-state index contributed by atoms with van der Waals surface area (Å²) in [5, 5.41) is 1.41. The standard InChI is InChI=1S/C64H71BN2S/c1-38-30-53-56-54(31-38)67(51-23-20-41(32-39(51)2)40-18-16-15-17-19-40)52-36-48-47(62(9,10)27-28-63(48,11)12)35-50(52)65(56)58-57(43-34-46-49(37-55(43)68-58)64(13,14)29-26-61(46,7)8)66(53)42-21-22-44-45(33-42)60(5,6)25-24-59(44,3)4/h15-23,30-37H,24-29H2,1-14H3. The molecule has 12 rings (SSSR count). The molecule has 0 saturated heterocycles. The Morgan fingerprint density at radius 3 is 1.57 bits per heavy atom. The van der Waals surface area contributed by atoms with Gasteiger partial charge in [0, 0.05) is 43.3 Å². The molecule has 2 nitrogen and oxygen atoms in total. The van der Waals surface area contributed by atoms with Gasteiger partial charge in [-0.1, -0.05) is 132 Å². The lowest BCUT2D eigenvalue weighted by Crippen LogP contribution is -2.61. The van der Waals surface area contributed by atoms with Gasteiger partial charge in [0.05, 0.1) is 5.69 Å². The van der Waals surface area contributed by atoms with Gasteiger partial charge >= 0.3 is 0 Å². The average molecular weight is 911 g/mol. The fourth-order valence-electron chi connectivity index (χ4n) is 13.7. The third-order valence-corrected chi connectivity index (χ3v) is 19.6. The van der Waals surface area contributed by atoms with Crippen LogP contribution in [0.15, 0.2) is 103 Å². The predicted octanol–water partition coefficient (Wildman–Crippen LogP) is 16.3. The maximum absolute atomic E-state index is 2.75. The Morgan fingerprint density at radius 2 is 0.971 bits per heavy atom. The first kappa shape index (κ1) is 44.2. The Kier molecular flexibility index (Phi) is 9.27. The number of aryl methyl sites for hydroxylation is 2. The van der Waals surface area contributed by atoms with Gasteiger partial charge < -0.3 is 9.80 Å². The molecule has 0 N–H and O–H groups in total. The summed E-state index contributed by atoms with van der Waals surface area (Å²) in [5.41, 5.74) is 25.6. The van der Waals surface area contributed by atoms with Crippen LogP contribution in [0.3, 0.4) is 0 Å². The molecule has 0 amide bonds. The zero-order valence-electron chi connectivity index (χ0n) is 43.4. The number of rotatable bonds is 3. The number of thiophene rings is 1. The van der Waals surface area contributed by atoms with Crippen molar-refractivity contribution >= 4 is 78.0 Å². The van der Waals surface area contributed by atoms with E-state index in [4.69, 9.17) is 0 Å². The van der Waals surface area contributed by atoms with Crippen molar-refractivity contribution in [1.29, 1.82) is 0 Å². The molecular formula is C64H71BN2S. The Bertz CT molecular complexity index is 3280. The molecule has 0 saturated carbocycles. The van der Waals surface area contributed by atoms with E-state index in [1.54, 1.807) is 5.56 Å². The minimum absolute atomic E-state index is 0.0649. The number of anilines is 6. The normalized spacial score (nSPS) is 20.5. The van der Waals surface area contributed by atoms with Crippen molar-refractivity contribution in [3.63, 3.8) is 0 Å². The van der Waals surface area contributed by atoms with Crippen LogP contribution in [-0.2, 0) is 32.5 Å². The summed E-state index contributed by atoms with van der Waals surface area (Å²) in [4.78, 5) is 5.44. The average Bonchev–Trinajstić information content (AvgIpc) is 3.66. The molecule has 4 heteroatoms. The van der Waals surface area contributed by atoms with E-state index in [1.807, 2.05) is 0 Å². The van der Waals surface area contributed by atoms with Gasteiger partial charge in [-0.15, -0.1) is 11.3 Å². The molecule has 7 aromatic rings. The Labute approximate surface area is 412 Å². The second-order valence-corrected chi connectivity index (χ2v) is 27.0. The van der Waals surface area contributed by atoms with E-state index in [-0.39, 0.29) is 39.2 Å². The van der Waals surface area contributed by atoms with Crippen LogP contribution in [0.2, 0.25) is 0 Å². The first-order chi connectivity index (χ1) is 32.0. The zero-order chi connectivity index (χ0) is 47.8. The molecule has 0 spiro atoms. The summed E-state index contributed by atoms with van der Waals surface area (Å²) in [6.07, 6.45) is 7.17. The molecule has 346 valence electrons. The van der Waals surface area contributed by atoms with Gasteiger partial charge in [-0.2, -0.15) is 0 Å². The van der Waals surface area contributed by atoms with E-state index in [0.717, 1.165) is 0 Å². The molecule has 0 radical (unpaired) electrons. The van der Waals surface area contributed by atoms with Gasteiger partial charge in [-0.25, -0.2) is 0 Å². The molecule has 3 heterocycles. The van der Waals surface area contributed by atoms with Crippen LogP contribution in [0.4, 0.5) is 34.1 Å². The lowest BCUT2D eigenvalue weighted by Gasteiger charge is -2.47. The highest BCUT2D eigenvalue weighted by Gasteiger charge is 2.49. The van der Waals surface area contributed by atoms with Gasteiger partial charge in [0.1, 0.15) is 0 Å².